The van der Waals surface area contributed by atoms with Crippen LogP contribution in [-0.4, -0.2) is 41.8 Å². The van der Waals surface area contributed by atoms with Crippen LogP contribution < -0.4 is 48.9 Å². The van der Waals surface area contributed by atoms with Crippen LogP contribution in [0.1, 0.15) is 27.0 Å². The number of hydrogen-bond donors (Lipinski definition) is 0. The van der Waals surface area contributed by atoms with Crippen molar-refractivity contribution < 1.29 is 58.5 Å². The zero-order chi connectivity index (χ0) is 25.8. The number of carbonyl (C=O) groups excluding carboxylic acids is 2. The van der Waals surface area contributed by atoms with Crippen LogP contribution in [0.3, 0.4) is 0 Å². The van der Waals surface area contributed by atoms with Crippen LogP contribution in [0.4, 0.5) is 0 Å². The molecule has 1 aromatic heterocycles. The van der Waals surface area contributed by atoms with E-state index >= 15 is 0 Å². The average Bonchev–Trinajstić information content (AvgIpc) is 3.35. The Hall–Kier alpha value is -3.24. The van der Waals surface area contributed by atoms with Gasteiger partial charge in [0.15, 0.2) is 17.3 Å². The van der Waals surface area contributed by atoms with Crippen molar-refractivity contribution in [2.24, 2.45) is 0 Å². The number of carboxylic acid groups (broad SMARTS) is 1. The second-order valence-corrected chi connectivity index (χ2v) is 8.54. The number of allylic oxidation sites excluding steroid dienone is 1. The molecule has 0 saturated heterocycles. The topological polar surface area (TPSA) is 111 Å². The van der Waals surface area contributed by atoms with Gasteiger partial charge in [-0.1, -0.05) is 35.9 Å². The minimum absolute atomic E-state index is 0. The first-order valence-electron chi connectivity index (χ1n) is 10.9. The largest absolute Gasteiger partial charge is 1.00 e. The number of benzene rings is 3. The molecular formula is C27H23N2NaO6S. The molecule has 0 N–H and O–H groups in total. The van der Waals surface area contributed by atoms with Gasteiger partial charge in [0.1, 0.15) is 11.0 Å². The Morgan fingerprint density at radius 3 is 2.00 bits per heavy atom. The molecular weight excluding hydrogens is 503 g/mol. The van der Waals surface area contributed by atoms with Crippen LogP contribution in [0.2, 0.25) is 0 Å². The second kappa shape index (κ2) is 12.3. The maximum absolute atomic E-state index is 13.8. The van der Waals surface area contributed by atoms with Crippen LogP contribution >= 0.6 is 11.7 Å². The zero-order valence-electron chi connectivity index (χ0n) is 21.2. The fourth-order valence-corrected chi connectivity index (χ4v) is 4.47. The van der Waals surface area contributed by atoms with Gasteiger partial charge in [-0.05, 0) is 42.3 Å². The van der Waals surface area contributed by atoms with E-state index in [1.807, 2.05) is 6.92 Å². The average molecular weight is 527 g/mol. The molecule has 0 bridgehead atoms. The van der Waals surface area contributed by atoms with Gasteiger partial charge >= 0.3 is 29.6 Å². The van der Waals surface area contributed by atoms with Crippen molar-refractivity contribution in [1.82, 2.24) is 8.75 Å². The van der Waals surface area contributed by atoms with E-state index < -0.39 is 11.8 Å². The smallest absolute Gasteiger partial charge is 0.545 e. The number of carboxylic acids is 1. The fourth-order valence-electron chi connectivity index (χ4n) is 3.96. The minimum Gasteiger partial charge on any atom is -0.545 e. The van der Waals surface area contributed by atoms with Gasteiger partial charge in [0.05, 0.1) is 39.0 Å². The third-order valence-electron chi connectivity index (χ3n) is 5.74. The summed E-state index contributed by atoms with van der Waals surface area (Å²) in [6.45, 7) is 1.91. The number of methoxy groups -OCH3 is 3. The molecule has 184 valence electrons. The van der Waals surface area contributed by atoms with Crippen molar-refractivity contribution in [3.63, 3.8) is 0 Å². The Bertz CT molecular complexity index is 1460. The van der Waals surface area contributed by atoms with Crippen molar-refractivity contribution in [2.45, 2.75) is 13.3 Å². The molecule has 4 rings (SSSR count). The summed E-state index contributed by atoms with van der Waals surface area (Å²) in [5, 5.41) is 12.5. The number of ketones is 1. The quantitative estimate of drug-likeness (QED) is 0.178. The number of fused-ring (bicyclic) bond motifs is 1. The Balaban J connectivity index is 0.00000380. The van der Waals surface area contributed by atoms with E-state index in [1.54, 1.807) is 54.6 Å². The minimum atomic E-state index is -1.47. The molecule has 0 saturated carbocycles. The number of Topliss-reactive ketones (excluding diaryl/α,β-unsaturated/α-hetero) is 1. The molecule has 0 aliphatic carbocycles. The van der Waals surface area contributed by atoms with Gasteiger partial charge in [0, 0.05) is 23.1 Å². The molecule has 0 radical (unpaired) electrons. The van der Waals surface area contributed by atoms with Crippen molar-refractivity contribution in [2.75, 3.05) is 21.3 Å². The van der Waals surface area contributed by atoms with Gasteiger partial charge in [0.25, 0.3) is 0 Å². The van der Waals surface area contributed by atoms with E-state index in [0.29, 0.717) is 45.0 Å². The fraction of sp³-hybridized carbons (Fsp3) is 0.185. The summed E-state index contributed by atoms with van der Waals surface area (Å²) in [5.74, 6) is -0.737. The molecule has 0 aliphatic rings. The van der Waals surface area contributed by atoms with Gasteiger partial charge in [-0.25, -0.2) is 0 Å². The third kappa shape index (κ3) is 6.02. The first-order valence-corrected chi connectivity index (χ1v) is 11.7. The molecule has 37 heavy (non-hydrogen) atoms. The Labute approximate surface area is 240 Å². The summed E-state index contributed by atoms with van der Waals surface area (Å²) in [5.41, 5.74) is 3.23. The van der Waals surface area contributed by atoms with Crippen molar-refractivity contribution in [3.8, 4) is 17.2 Å². The SMILES string of the molecule is COc1cc(C/C(C(=O)c2ccc(C)cc2)=C(\C(=O)[O-])c2ccc3nsnc3c2)cc(OC)c1OC.[Na+]. The summed E-state index contributed by atoms with van der Waals surface area (Å²) < 4.78 is 24.6. The molecule has 0 unspecified atom stereocenters. The van der Waals surface area contributed by atoms with E-state index in [-0.39, 0.29) is 47.1 Å². The summed E-state index contributed by atoms with van der Waals surface area (Å²) in [6, 6.07) is 15.2. The van der Waals surface area contributed by atoms with Crippen molar-refractivity contribution in [1.29, 1.82) is 0 Å². The van der Waals surface area contributed by atoms with Gasteiger partial charge in [-0.2, -0.15) is 8.75 Å². The molecule has 10 heteroatoms. The standard InChI is InChI=1S/C27H24N2O6S.Na/c1-15-5-7-17(8-6-15)25(30)19(11-16-12-22(33-2)26(35-4)23(13-16)34-3)24(27(31)32)18-9-10-20-21(14-18)29-36-28-20;/h5-10,12-14H,11H2,1-4H3,(H,31,32);/q;+1/p-1/b24-19+;. The van der Waals surface area contributed by atoms with E-state index in [1.165, 1.54) is 21.3 Å². The van der Waals surface area contributed by atoms with E-state index in [9.17, 15) is 14.7 Å². The molecule has 0 aliphatic heterocycles. The second-order valence-electron chi connectivity index (χ2n) is 8.01. The first kappa shape index (κ1) is 28.3. The molecule has 4 aromatic rings. The predicted molar refractivity (Wildman–Crippen MR) is 135 cm³/mol. The Morgan fingerprint density at radius 2 is 1.43 bits per heavy atom. The molecule has 1 heterocycles. The van der Waals surface area contributed by atoms with Gasteiger partial charge in [-0.15, -0.1) is 0 Å². The third-order valence-corrected chi connectivity index (χ3v) is 6.30. The zero-order valence-corrected chi connectivity index (χ0v) is 24.0. The number of carbonyl (C=O) groups is 2. The maximum Gasteiger partial charge on any atom is 1.00 e. The van der Waals surface area contributed by atoms with Crippen molar-refractivity contribution in [3.05, 3.63) is 82.4 Å². The monoisotopic (exact) mass is 526 g/mol. The maximum atomic E-state index is 13.8. The summed E-state index contributed by atoms with van der Waals surface area (Å²) in [4.78, 5) is 26.3. The predicted octanol–water partition coefficient (Wildman–Crippen LogP) is 0.659. The van der Waals surface area contributed by atoms with Crippen LogP contribution in [0.15, 0.2) is 60.2 Å². The molecule has 3 aromatic carbocycles. The number of hydrogen-bond acceptors (Lipinski definition) is 9. The number of aliphatic carboxylic acids is 1. The Morgan fingerprint density at radius 1 is 0.838 bits per heavy atom. The van der Waals surface area contributed by atoms with E-state index in [0.717, 1.165) is 17.3 Å². The number of aromatic nitrogens is 2. The Kier molecular flexibility index (Phi) is 9.45. The van der Waals surface area contributed by atoms with Crippen molar-refractivity contribution >= 4 is 40.1 Å². The molecule has 0 fully saturated rings. The van der Waals surface area contributed by atoms with E-state index in [2.05, 4.69) is 8.75 Å². The summed E-state index contributed by atoms with van der Waals surface area (Å²) >= 11 is 1.02. The van der Waals surface area contributed by atoms with Crippen LogP contribution in [-0.2, 0) is 11.2 Å². The molecule has 0 spiro atoms. The molecule has 0 amide bonds. The summed E-state index contributed by atoms with van der Waals surface area (Å²) in [7, 11) is 4.46. The number of ether oxygens (including phenoxy) is 3. The number of rotatable bonds is 9. The molecule has 8 nitrogen and oxygen atoms in total. The van der Waals surface area contributed by atoms with Gasteiger partial charge in [-0.3, -0.25) is 4.79 Å². The first-order chi connectivity index (χ1) is 17.4. The van der Waals surface area contributed by atoms with E-state index in [4.69, 9.17) is 14.2 Å². The van der Waals surface area contributed by atoms with Gasteiger partial charge < -0.3 is 24.1 Å². The van der Waals surface area contributed by atoms with Crippen LogP contribution in [0.25, 0.3) is 16.6 Å². The molecule has 0 atom stereocenters. The van der Waals surface area contributed by atoms with Gasteiger partial charge in [0.2, 0.25) is 5.75 Å². The summed E-state index contributed by atoms with van der Waals surface area (Å²) in [6.07, 6.45) is -0.0277. The number of nitrogens with zero attached hydrogens (tertiary/aromatic N) is 2. The van der Waals surface area contributed by atoms with Crippen LogP contribution in [0, 0.1) is 6.92 Å². The number of aryl methyl sites for hydroxylation is 1. The van der Waals surface area contributed by atoms with Crippen LogP contribution in [0.5, 0.6) is 17.2 Å². The normalized spacial score (nSPS) is 11.4.